The molecular weight excluding hydrogens is 398 g/mol. The van der Waals surface area contributed by atoms with Crippen LogP contribution >= 0.6 is 11.6 Å². The third-order valence-corrected chi connectivity index (χ3v) is 4.98. The van der Waals surface area contributed by atoms with E-state index in [0.717, 1.165) is 11.6 Å². The molecule has 0 spiro atoms. The van der Waals surface area contributed by atoms with E-state index >= 15 is 0 Å². The van der Waals surface area contributed by atoms with Gasteiger partial charge in [0.2, 0.25) is 5.91 Å². The number of oxime groups is 1. The topological polar surface area (TPSA) is 41.9 Å². The van der Waals surface area contributed by atoms with E-state index in [1.807, 2.05) is 32.0 Å². The van der Waals surface area contributed by atoms with Crippen LogP contribution in [0.5, 0.6) is 0 Å². The minimum absolute atomic E-state index is 0.0406. The van der Waals surface area contributed by atoms with Crippen molar-refractivity contribution in [3.63, 3.8) is 0 Å². The molecule has 29 heavy (non-hydrogen) atoms. The average Bonchev–Trinajstić information content (AvgIpc) is 3.11. The smallest absolute Gasteiger partial charge is 0.223 e. The zero-order chi connectivity index (χ0) is 21.0. The zero-order valence-electron chi connectivity index (χ0n) is 16.4. The van der Waals surface area contributed by atoms with Gasteiger partial charge in [0.05, 0.1) is 12.3 Å². The fraction of sp³-hybridized carbons (Fsp3) is 0.364. The molecule has 0 saturated carbocycles. The highest BCUT2D eigenvalue weighted by Gasteiger charge is 2.28. The van der Waals surface area contributed by atoms with Crippen molar-refractivity contribution in [1.29, 1.82) is 0 Å². The van der Waals surface area contributed by atoms with Crippen LogP contribution < -0.4 is 0 Å². The van der Waals surface area contributed by atoms with Crippen LogP contribution in [0.1, 0.15) is 37.8 Å². The maximum atomic E-state index is 14.1. The molecule has 2 aromatic rings. The summed E-state index contributed by atoms with van der Waals surface area (Å²) >= 11 is 6.23. The van der Waals surface area contributed by atoms with Gasteiger partial charge in [-0.25, -0.2) is 8.78 Å². The van der Waals surface area contributed by atoms with Gasteiger partial charge in [-0.15, -0.1) is 0 Å². The Bertz CT molecular complexity index is 917. The SMILES string of the molecule is CC(C)CC(=O)N(Cc1ccc(F)cc1F)C[C@@H]1CC(c2ccccc2Cl)=NO1. The molecule has 3 rings (SSSR count). The van der Waals surface area contributed by atoms with Gasteiger partial charge in [0.15, 0.2) is 6.10 Å². The van der Waals surface area contributed by atoms with E-state index in [1.54, 1.807) is 11.0 Å². The second-order valence-corrected chi connectivity index (χ2v) is 7.96. The Balaban J connectivity index is 1.72. The summed E-state index contributed by atoms with van der Waals surface area (Å²) in [5.41, 5.74) is 1.76. The predicted molar refractivity (Wildman–Crippen MR) is 109 cm³/mol. The van der Waals surface area contributed by atoms with Gasteiger partial charge in [-0.1, -0.05) is 54.9 Å². The third-order valence-electron chi connectivity index (χ3n) is 4.65. The highest BCUT2D eigenvalue weighted by molar-refractivity contribution is 6.34. The largest absolute Gasteiger partial charge is 0.390 e. The van der Waals surface area contributed by atoms with Gasteiger partial charge >= 0.3 is 0 Å². The minimum atomic E-state index is -0.673. The monoisotopic (exact) mass is 420 g/mol. The molecule has 0 aromatic heterocycles. The Morgan fingerprint density at radius 2 is 2.03 bits per heavy atom. The molecule has 4 nitrogen and oxygen atoms in total. The molecule has 0 unspecified atom stereocenters. The number of carbonyl (C=O) groups is 1. The van der Waals surface area contributed by atoms with Crippen LogP contribution in [0, 0.1) is 17.6 Å². The molecule has 0 N–H and O–H groups in total. The minimum Gasteiger partial charge on any atom is -0.390 e. The van der Waals surface area contributed by atoms with Gasteiger partial charge in [-0.05, 0) is 18.1 Å². The highest BCUT2D eigenvalue weighted by atomic mass is 35.5. The maximum Gasteiger partial charge on any atom is 0.223 e. The Morgan fingerprint density at radius 3 is 2.72 bits per heavy atom. The van der Waals surface area contributed by atoms with Gasteiger partial charge in [0, 0.05) is 41.6 Å². The van der Waals surface area contributed by atoms with Crippen LogP contribution in [-0.2, 0) is 16.2 Å². The molecule has 0 fully saturated rings. The molecule has 0 radical (unpaired) electrons. The van der Waals surface area contributed by atoms with Crippen molar-refractivity contribution in [1.82, 2.24) is 4.90 Å². The zero-order valence-corrected chi connectivity index (χ0v) is 17.1. The van der Waals surface area contributed by atoms with Crippen molar-refractivity contribution in [2.45, 2.75) is 39.3 Å². The number of benzene rings is 2. The number of nitrogens with zero attached hydrogens (tertiary/aromatic N) is 2. The van der Waals surface area contributed by atoms with Gasteiger partial charge in [0.1, 0.15) is 11.6 Å². The molecule has 1 atom stereocenters. The first kappa shape index (κ1) is 21.2. The van der Waals surface area contributed by atoms with E-state index in [1.165, 1.54) is 12.1 Å². The first-order valence-electron chi connectivity index (χ1n) is 9.52. The summed E-state index contributed by atoms with van der Waals surface area (Å²) in [4.78, 5) is 19.8. The molecule has 0 aliphatic carbocycles. The Hall–Kier alpha value is -2.47. The lowest BCUT2D eigenvalue weighted by molar-refractivity contribution is -0.134. The second-order valence-electron chi connectivity index (χ2n) is 7.56. The van der Waals surface area contributed by atoms with Crippen molar-refractivity contribution in [3.8, 4) is 0 Å². The molecule has 1 aliphatic heterocycles. The van der Waals surface area contributed by atoms with Gasteiger partial charge in [-0.3, -0.25) is 4.79 Å². The molecule has 0 bridgehead atoms. The summed E-state index contributed by atoms with van der Waals surface area (Å²) in [6.07, 6.45) is 0.454. The van der Waals surface area contributed by atoms with Crippen molar-refractivity contribution >= 4 is 23.2 Å². The van der Waals surface area contributed by atoms with Crippen LogP contribution in [0.3, 0.4) is 0 Å². The highest BCUT2D eigenvalue weighted by Crippen LogP contribution is 2.24. The number of halogens is 3. The Labute approximate surface area is 174 Å². The number of rotatable bonds is 7. The average molecular weight is 421 g/mol. The van der Waals surface area contributed by atoms with Crippen LogP contribution in [0.25, 0.3) is 0 Å². The molecule has 0 saturated heterocycles. The lowest BCUT2D eigenvalue weighted by Gasteiger charge is -2.26. The molecule has 154 valence electrons. The molecule has 1 amide bonds. The van der Waals surface area contributed by atoms with Crippen LogP contribution in [0.4, 0.5) is 8.78 Å². The van der Waals surface area contributed by atoms with Crippen LogP contribution in [0.2, 0.25) is 5.02 Å². The molecule has 1 aliphatic rings. The summed E-state index contributed by atoms with van der Waals surface area (Å²) in [7, 11) is 0. The lowest BCUT2D eigenvalue weighted by Crippen LogP contribution is -2.38. The first-order valence-corrected chi connectivity index (χ1v) is 9.90. The van der Waals surface area contributed by atoms with Crippen molar-refractivity contribution in [2.24, 2.45) is 11.1 Å². The standard InChI is InChI=1S/C22H23ClF2N2O2/c1-14(2)9-22(28)27(12-15-7-8-16(24)10-20(15)25)13-17-11-21(26-29-17)18-5-3-4-6-19(18)23/h3-8,10,14,17H,9,11-13H2,1-2H3/t17-/m0/s1. The van der Waals surface area contributed by atoms with Crippen molar-refractivity contribution in [2.75, 3.05) is 6.54 Å². The fourth-order valence-corrected chi connectivity index (χ4v) is 3.46. The Morgan fingerprint density at radius 1 is 1.28 bits per heavy atom. The number of hydrogen-bond donors (Lipinski definition) is 0. The summed E-state index contributed by atoms with van der Waals surface area (Å²) in [6, 6.07) is 10.7. The quantitative estimate of drug-likeness (QED) is 0.618. The maximum absolute atomic E-state index is 14.1. The van der Waals surface area contributed by atoms with E-state index in [9.17, 15) is 13.6 Å². The molecular formula is C22H23ClF2N2O2. The van der Waals surface area contributed by atoms with E-state index < -0.39 is 11.6 Å². The Kier molecular flexibility index (Phi) is 6.85. The van der Waals surface area contributed by atoms with Crippen molar-refractivity contribution < 1.29 is 18.4 Å². The lowest BCUT2D eigenvalue weighted by atomic mass is 10.0. The summed E-state index contributed by atoms with van der Waals surface area (Å²) in [6.45, 7) is 4.18. The summed E-state index contributed by atoms with van der Waals surface area (Å²) in [5.74, 6) is -1.28. The van der Waals surface area contributed by atoms with E-state index in [-0.39, 0.29) is 36.6 Å². The number of hydrogen-bond acceptors (Lipinski definition) is 3. The third kappa shape index (κ3) is 5.54. The molecule has 1 heterocycles. The van der Waals surface area contributed by atoms with Gasteiger partial charge in [0.25, 0.3) is 0 Å². The molecule has 2 aromatic carbocycles. The van der Waals surface area contributed by atoms with Crippen LogP contribution in [-0.4, -0.2) is 29.2 Å². The summed E-state index contributed by atoms with van der Waals surface area (Å²) in [5, 5.41) is 4.71. The predicted octanol–water partition coefficient (Wildman–Crippen LogP) is 5.19. The van der Waals surface area contributed by atoms with Crippen molar-refractivity contribution in [3.05, 3.63) is 70.2 Å². The number of carbonyl (C=O) groups excluding carboxylic acids is 1. The first-order chi connectivity index (χ1) is 13.8. The second kappa shape index (κ2) is 9.35. The van der Waals surface area contributed by atoms with E-state index in [4.69, 9.17) is 16.4 Å². The fourth-order valence-electron chi connectivity index (χ4n) is 3.21. The van der Waals surface area contributed by atoms with Gasteiger partial charge < -0.3 is 9.74 Å². The number of amides is 1. The van der Waals surface area contributed by atoms with E-state index in [0.29, 0.717) is 23.6 Å². The molecule has 7 heteroatoms. The summed E-state index contributed by atoms with van der Waals surface area (Å²) < 4.78 is 27.3. The normalized spacial score (nSPS) is 15.9. The van der Waals surface area contributed by atoms with E-state index in [2.05, 4.69) is 5.16 Å². The van der Waals surface area contributed by atoms with Crippen LogP contribution in [0.15, 0.2) is 47.6 Å². The van der Waals surface area contributed by atoms with Gasteiger partial charge in [-0.2, -0.15) is 0 Å².